The minimum absolute atomic E-state index is 0. The van der Waals surface area contributed by atoms with Gasteiger partial charge in [-0.05, 0) is 0 Å². The molecule has 0 saturated heterocycles. The van der Waals surface area contributed by atoms with Crippen LogP contribution in [-0.2, 0) is 23.2 Å². The first-order valence-electron chi connectivity index (χ1n) is 4.77. The van der Waals surface area contributed by atoms with Crippen molar-refractivity contribution in [3.05, 3.63) is 42.0 Å². The molecule has 2 heteroatoms. The molecule has 0 heterocycles. The topological polar surface area (TPSA) is 0 Å². The molecule has 2 rings (SSSR count). The predicted molar refractivity (Wildman–Crippen MR) is 52.9 cm³/mol. The molecule has 0 aromatic carbocycles. The number of hydrogen-bond donors (Lipinski definition) is 0. The molecule has 0 nitrogen and oxygen atoms in total. The van der Waals surface area contributed by atoms with E-state index in [2.05, 4.69) is 38.2 Å². The predicted octanol–water partition coefficient (Wildman–Crippen LogP) is 0.541. The summed E-state index contributed by atoms with van der Waals surface area (Å²) in [6, 6.07) is 0. The van der Waals surface area contributed by atoms with Crippen LogP contribution >= 0.6 is 0 Å². The number of rotatable bonds is 2. The molecular formula is C12H14ClZr. The third-order valence-corrected chi connectivity index (χ3v) is 7.06. The second-order valence-electron chi connectivity index (χ2n) is 3.66. The molecule has 14 heavy (non-hydrogen) atoms. The van der Waals surface area contributed by atoms with Crippen LogP contribution in [0.1, 0.15) is 26.7 Å². The van der Waals surface area contributed by atoms with E-state index in [-0.39, 0.29) is 35.6 Å². The van der Waals surface area contributed by atoms with Crippen LogP contribution in [0.5, 0.6) is 0 Å². The van der Waals surface area contributed by atoms with E-state index in [1.807, 2.05) is 0 Å². The third-order valence-electron chi connectivity index (χ3n) is 2.63. The summed E-state index contributed by atoms with van der Waals surface area (Å²) in [6.07, 6.45) is 11.7. The van der Waals surface area contributed by atoms with Gasteiger partial charge in [0.1, 0.15) is 0 Å². The van der Waals surface area contributed by atoms with Crippen LogP contribution in [0.2, 0.25) is 0 Å². The van der Waals surface area contributed by atoms with Crippen molar-refractivity contribution in [2.45, 2.75) is 26.7 Å². The van der Waals surface area contributed by atoms with Crippen molar-refractivity contribution in [3.63, 3.8) is 0 Å². The minimum atomic E-state index is -0.385. The molecule has 0 aromatic rings. The van der Waals surface area contributed by atoms with E-state index in [9.17, 15) is 0 Å². The largest absolute Gasteiger partial charge is 1.00 e. The summed E-state index contributed by atoms with van der Waals surface area (Å²) < 4.78 is 3.56. The maximum atomic E-state index is 2.31. The Morgan fingerprint density at radius 2 is 1.36 bits per heavy atom. The van der Waals surface area contributed by atoms with E-state index < -0.39 is 0 Å². The van der Waals surface area contributed by atoms with Gasteiger partial charge >= 0.3 is 91.9 Å². The smallest absolute Gasteiger partial charge is 1.00 e. The van der Waals surface area contributed by atoms with E-state index in [1.54, 1.807) is 17.7 Å². The SMILES string of the molecule is CC1=[C]([Zr+][C]2=C(C)C=CC2)CC=C1.[Cl-]. The van der Waals surface area contributed by atoms with Gasteiger partial charge in [0.05, 0.1) is 0 Å². The Kier molecular flexibility index (Phi) is 4.60. The molecule has 0 saturated carbocycles. The average Bonchev–Trinajstić information content (AvgIpc) is 2.65. The van der Waals surface area contributed by atoms with E-state index >= 15 is 0 Å². The summed E-state index contributed by atoms with van der Waals surface area (Å²) in [6.45, 7) is 4.52. The van der Waals surface area contributed by atoms with Crippen LogP contribution in [0.4, 0.5) is 0 Å². The average molecular weight is 285 g/mol. The molecular weight excluding hydrogens is 271 g/mol. The first-order chi connectivity index (χ1) is 6.27. The Labute approximate surface area is 104 Å². The first-order valence-corrected chi connectivity index (χ1v) is 7.23. The molecule has 0 aliphatic heterocycles. The molecule has 0 aromatic heterocycles. The van der Waals surface area contributed by atoms with Gasteiger partial charge in [-0.1, -0.05) is 0 Å². The Balaban J connectivity index is 0.000000980. The zero-order valence-electron chi connectivity index (χ0n) is 8.60. The molecule has 0 amide bonds. The summed E-state index contributed by atoms with van der Waals surface area (Å²) in [5, 5.41) is 0. The Hall–Kier alpha value is 0.133. The van der Waals surface area contributed by atoms with Gasteiger partial charge in [-0.25, -0.2) is 0 Å². The first kappa shape index (κ1) is 12.2. The standard InChI is InChI=1S/2C6H7.ClH.Zr/c2*1-6-4-2-3-5-6;;/h2*2,4H,3H2,1H3;1H;/q;;;+1/p-1. The fraction of sp³-hybridized carbons (Fsp3) is 0.333. The summed E-state index contributed by atoms with van der Waals surface area (Å²) in [5.41, 5.74) is 3.11. The van der Waals surface area contributed by atoms with Crippen LogP contribution < -0.4 is 12.4 Å². The molecule has 0 unspecified atom stereocenters. The molecule has 0 fully saturated rings. The van der Waals surface area contributed by atoms with Gasteiger partial charge < -0.3 is 12.4 Å². The van der Waals surface area contributed by atoms with Crippen molar-refractivity contribution in [3.8, 4) is 0 Å². The number of halogens is 1. The molecule has 0 radical (unpaired) electrons. The Morgan fingerprint density at radius 3 is 1.64 bits per heavy atom. The molecule has 2 aliphatic rings. The van der Waals surface area contributed by atoms with Crippen LogP contribution in [0.3, 0.4) is 0 Å². The number of allylic oxidation sites excluding steroid dienone is 8. The van der Waals surface area contributed by atoms with Gasteiger partial charge in [-0.2, -0.15) is 0 Å². The van der Waals surface area contributed by atoms with E-state index in [0.717, 1.165) is 0 Å². The van der Waals surface area contributed by atoms with Gasteiger partial charge in [-0.3, -0.25) is 0 Å². The van der Waals surface area contributed by atoms with Crippen LogP contribution in [-0.4, -0.2) is 0 Å². The van der Waals surface area contributed by atoms with E-state index in [0.29, 0.717) is 0 Å². The van der Waals surface area contributed by atoms with Gasteiger partial charge in [0.15, 0.2) is 0 Å². The monoisotopic (exact) mass is 283 g/mol. The van der Waals surface area contributed by atoms with Crippen LogP contribution in [0.25, 0.3) is 0 Å². The minimum Gasteiger partial charge on any atom is -1.00 e. The zero-order valence-corrected chi connectivity index (χ0v) is 11.8. The molecule has 73 valence electrons. The third kappa shape index (κ3) is 2.58. The quantitative estimate of drug-likeness (QED) is 0.694. The van der Waals surface area contributed by atoms with Crippen molar-refractivity contribution >= 4 is 0 Å². The maximum absolute atomic E-state index is 2.31. The van der Waals surface area contributed by atoms with E-state index in [4.69, 9.17) is 0 Å². The van der Waals surface area contributed by atoms with Crippen molar-refractivity contribution in [1.82, 2.24) is 0 Å². The van der Waals surface area contributed by atoms with Gasteiger partial charge in [0.2, 0.25) is 0 Å². The van der Waals surface area contributed by atoms with Gasteiger partial charge in [-0.15, -0.1) is 0 Å². The van der Waals surface area contributed by atoms with Gasteiger partial charge in [0.25, 0.3) is 0 Å². The van der Waals surface area contributed by atoms with E-state index in [1.165, 1.54) is 12.8 Å². The second-order valence-corrected chi connectivity index (χ2v) is 7.24. The van der Waals surface area contributed by atoms with Crippen LogP contribution in [0, 0.1) is 0 Å². The molecule has 0 spiro atoms. The second kappa shape index (κ2) is 5.28. The molecule has 0 atom stereocenters. The van der Waals surface area contributed by atoms with Crippen molar-refractivity contribution < 1.29 is 35.6 Å². The van der Waals surface area contributed by atoms with Crippen LogP contribution in [0.15, 0.2) is 42.0 Å². The molecule has 2 aliphatic carbocycles. The van der Waals surface area contributed by atoms with Gasteiger partial charge in [0, 0.05) is 0 Å². The fourth-order valence-corrected chi connectivity index (χ4v) is 5.07. The summed E-state index contributed by atoms with van der Waals surface area (Å²) in [7, 11) is 0. The summed E-state index contributed by atoms with van der Waals surface area (Å²) in [5.74, 6) is 0. The summed E-state index contributed by atoms with van der Waals surface area (Å²) in [4.78, 5) is 0. The van der Waals surface area contributed by atoms with Crippen molar-refractivity contribution in [2.24, 2.45) is 0 Å². The van der Waals surface area contributed by atoms with Crippen molar-refractivity contribution in [2.75, 3.05) is 0 Å². The Bertz CT molecular complexity index is 311. The molecule has 0 N–H and O–H groups in total. The maximum Gasteiger partial charge on any atom is -1.00 e. The normalized spacial score (nSPS) is 19.0. The fourth-order valence-electron chi connectivity index (χ4n) is 1.71. The zero-order chi connectivity index (χ0) is 9.26. The summed E-state index contributed by atoms with van der Waals surface area (Å²) >= 11 is -0.385. The number of hydrogen-bond acceptors (Lipinski definition) is 0. The van der Waals surface area contributed by atoms with Crippen molar-refractivity contribution in [1.29, 1.82) is 0 Å². The molecule has 0 bridgehead atoms. The Morgan fingerprint density at radius 1 is 0.929 bits per heavy atom.